The predicted octanol–water partition coefficient (Wildman–Crippen LogP) is 3.90. The van der Waals surface area contributed by atoms with E-state index in [4.69, 9.17) is 12.2 Å². The van der Waals surface area contributed by atoms with Gasteiger partial charge in [-0.25, -0.2) is 0 Å². The molecule has 0 amide bonds. The molecule has 6 heteroatoms. The lowest BCUT2D eigenvalue weighted by molar-refractivity contribution is 0.102. The lowest BCUT2D eigenvalue weighted by Crippen LogP contribution is -2.47. The van der Waals surface area contributed by atoms with E-state index in [2.05, 4.69) is 5.32 Å². The summed E-state index contributed by atoms with van der Waals surface area (Å²) in [4.78, 5) is 15.2. The fourth-order valence-electron chi connectivity index (χ4n) is 3.32. The number of carbonyl (C=O) groups is 1. The van der Waals surface area contributed by atoms with Gasteiger partial charge >= 0.3 is 0 Å². The number of hydrogen-bond donors (Lipinski definition) is 3. The standard InChI is InChI=1S/C21H22N2O3S/c1-3-11-23-13(2)18(20(26)14-7-5-4-6-8-14)19(22-21(23)27)16-10-9-15(24)12-17(16)25/h4-10,12,19,24-25H,3,11H2,1-2H3,(H,22,27). The molecule has 2 aromatic rings. The fraction of sp³-hybridized carbons (Fsp3) is 0.238. The Kier molecular flexibility index (Phi) is 5.46. The van der Waals surface area contributed by atoms with E-state index in [0.717, 1.165) is 12.1 Å². The molecular formula is C21H22N2O3S. The third-order valence-electron chi connectivity index (χ3n) is 4.65. The number of nitrogens with zero attached hydrogens (tertiary/aromatic N) is 1. The molecule has 0 saturated heterocycles. The molecule has 3 rings (SSSR count). The van der Waals surface area contributed by atoms with Crippen molar-refractivity contribution in [3.8, 4) is 11.5 Å². The van der Waals surface area contributed by atoms with Gasteiger partial charge in [0.2, 0.25) is 0 Å². The van der Waals surface area contributed by atoms with Crippen LogP contribution in [0.2, 0.25) is 0 Å². The number of nitrogens with one attached hydrogen (secondary N) is 1. The largest absolute Gasteiger partial charge is 0.508 e. The second-order valence-electron chi connectivity index (χ2n) is 6.47. The molecule has 1 aliphatic heterocycles. The summed E-state index contributed by atoms with van der Waals surface area (Å²) >= 11 is 5.51. The van der Waals surface area contributed by atoms with Gasteiger partial charge in [0.1, 0.15) is 11.5 Å². The normalized spacial score (nSPS) is 17.0. The lowest BCUT2D eigenvalue weighted by Gasteiger charge is -2.38. The Morgan fingerprint density at radius 2 is 1.89 bits per heavy atom. The zero-order chi connectivity index (χ0) is 19.6. The topological polar surface area (TPSA) is 72.8 Å². The number of hydrogen-bond acceptors (Lipinski definition) is 4. The van der Waals surface area contributed by atoms with Crippen molar-refractivity contribution in [1.29, 1.82) is 0 Å². The number of aromatic hydroxyl groups is 2. The SMILES string of the molecule is CCCN1C(=S)NC(c2ccc(O)cc2O)C(C(=O)c2ccccc2)=C1C. The van der Waals surface area contributed by atoms with Gasteiger partial charge in [0.05, 0.1) is 6.04 Å². The minimum atomic E-state index is -0.598. The van der Waals surface area contributed by atoms with Crippen LogP contribution in [0.5, 0.6) is 11.5 Å². The van der Waals surface area contributed by atoms with Gasteiger partial charge in [0.15, 0.2) is 10.9 Å². The summed E-state index contributed by atoms with van der Waals surface area (Å²) in [5.74, 6) is -0.258. The van der Waals surface area contributed by atoms with Gasteiger partial charge in [-0.1, -0.05) is 37.3 Å². The predicted molar refractivity (Wildman–Crippen MR) is 109 cm³/mol. The van der Waals surface area contributed by atoms with Crippen LogP contribution in [-0.2, 0) is 0 Å². The average Bonchev–Trinajstić information content (AvgIpc) is 2.65. The van der Waals surface area contributed by atoms with E-state index in [1.807, 2.05) is 36.9 Å². The second kappa shape index (κ2) is 7.80. The van der Waals surface area contributed by atoms with Crippen molar-refractivity contribution < 1.29 is 15.0 Å². The quantitative estimate of drug-likeness (QED) is 0.538. The van der Waals surface area contributed by atoms with E-state index >= 15 is 0 Å². The number of benzene rings is 2. The fourth-order valence-corrected chi connectivity index (χ4v) is 3.67. The third kappa shape index (κ3) is 3.66. The van der Waals surface area contributed by atoms with Gasteiger partial charge in [0.25, 0.3) is 0 Å². The Morgan fingerprint density at radius 3 is 2.52 bits per heavy atom. The molecule has 1 aliphatic rings. The highest BCUT2D eigenvalue weighted by Crippen LogP contribution is 2.37. The Balaban J connectivity index is 2.16. The summed E-state index contributed by atoms with van der Waals surface area (Å²) < 4.78 is 0. The molecule has 140 valence electrons. The number of phenolic OH excluding ortho intramolecular Hbond substituents is 2. The Morgan fingerprint density at radius 1 is 1.19 bits per heavy atom. The zero-order valence-corrected chi connectivity index (χ0v) is 16.1. The molecule has 0 aliphatic carbocycles. The van der Waals surface area contributed by atoms with Crippen molar-refractivity contribution in [2.24, 2.45) is 0 Å². The molecule has 0 radical (unpaired) electrons. The summed E-state index contributed by atoms with van der Waals surface area (Å²) in [5, 5.41) is 23.7. The van der Waals surface area contributed by atoms with Gasteiger partial charge in [-0.2, -0.15) is 0 Å². The van der Waals surface area contributed by atoms with Gasteiger partial charge in [-0.05, 0) is 37.7 Å². The van der Waals surface area contributed by atoms with Crippen molar-refractivity contribution in [1.82, 2.24) is 10.2 Å². The number of Topliss-reactive ketones (excluding diaryl/α,β-unsaturated/α-hetero) is 1. The van der Waals surface area contributed by atoms with Crippen molar-refractivity contribution in [2.45, 2.75) is 26.3 Å². The van der Waals surface area contributed by atoms with E-state index in [1.165, 1.54) is 12.1 Å². The van der Waals surface area contributed by atoms with E-state index < -0.39 is 6.04 Å². The maximum absolute atomic E-state index is 13.3. The van der Waals surface area contributed by atoms with Crippen LogP contribution in [0.4, 0.5) is 0 Å². The van der Waals surface area contributed by atoms with Gasteiger partial charge in [-0.15, -0.1) is 0 Å². The van der Waals surface area contributed by atoms with Crippen LogP contribution in [0.15, 0.2) is 59.8 Å². The maximum atomic E-state index is 13.3. The lowest BCUT2D eigenvalue weighted by atomic mass is 9.88. The number of ketones is 1. The maximum Gasteiger partial charge on any atom is 0.193 e. The molecule has 1 unspecified atom stereocenters. The molecule has 1 heterocycles. The monoisotopic (exact) mass is 382 g/mol. The van der Waals surface area contributed by atoms with Crippen LogP contribution >= 0.6 is 12.2 Å². The van der Waals surface area contributed by atoms with E-state index in [0.29, 0.717) is 28.4 Å². The molecule has 3 N–H and O–H groups in total. The average molecular weight is 382 g/mol. The van der Waals surface area contributed by atoms with Crippen LogP contribution in [0.25, 0.3) is 0 Å². The first kappa shape index (κ1) is 18.9. The van der Waals surface area contributed by atoms with Gasteiger partial charge in [-0.3, -0.25) is 4.79 Å². The van der Waals surface area contributed by atoms with Crippen LogP contribution < -0.4 is 5.32 Å². The van der Waals surface area contributed by atoms with Crippen molar-refractivity contribution in [3.05, 3.63) is 70.9 Å². The van der Waals surface area contributed by atoms with Gasteiger partial charge in [0, 0.05) is 35.0 Å². The zero-order valence-electron chi connectivity index (χ0n) is 15.3. The van der Waals surface area contributed by atoms with Crippen LogP contribution in [0, 0.1) is 0 Å². The smallest absolute Gasteiger partial charge is 0.193 e. The second-order valence-corrected chi connectivity index (χ2v) is 6.86. The first-order valence-electron chi connectivity index (χ1n) is 8.84. The Labute approximate surface area is 163 Å². The summed E-state index contributed by atoms with van der Waals surface area (Å²) in [6.45, 7) is 4.62. The summed E-state index contributed by atoms with van der Waals surface area (Å²) in [5.41, 5.74) is 2.36. The van der Waals surface area contributed by atoms with Crippen LogP contribution in [-0.4, -0.2) is 32.6 Å². The van der Waals surface area contributed by atoms with Crippen molar-refractivity contribution >= 4 is 23.1 Å². The first-order valence-corrected chi connectivity index (χ1v) is 9.25. The molecule has 0 aromatic heterocycles. The summed E-state index contributed by atoms with van der Waals surface area (Å²) in [6.07, 6.45) is 0.876. The molecule has 0 fully saturated rings. The molecule has 1 atom stereocenters. The highest BCUT2D eigenvalue weighted by molar-refractivity contribution is 7.80. The number of rotatable bonds is 5. The highest BCUT2D eigenvalue weighted by Gasteiger charge is 2.35. The van der Waals surface area contributed by atoms with E-state index in [9.17, 15) is 15.0 Å². The Bertz CT molecular complexity index is 909. The number of carbonyl (C=O) groups excluding carboxylic acids is 1. The first-order chi connectivity index (χ1) is 12.9. The van der Waals surface area contributed by atoms with Crippen molar-refractivity contribution in [3.63, 3.8) is 0 Å². The van der Waals surface area contributed by atoms with E-state index in [1.54, 1.807) is 18.2 Å². The van der Waals surface area contributed by atoms with Gasteiger partial charge < -0.3 is 20.4 Å². The minimum Gasteiger partial charge on any atom is -0.508 e. The molecule has 2 aromatic carbocycles. The molecule has 0 saturated carbocycles. The third-order valence-corrected chi connectivity index (χ3v) is 4.99. The number of thiocarbonyl (C=S) groups is 1. The number of phenols is 2. The van der Waals surface area contributed by atoms with Crippen LogP contribution in [0.3, 0.4) is 0 Å². The molecule has 27 heavy (non-hydrogen) atoms. The van der Waals surface area contributed by atoms with Crippen molar-refractivity contribution in [2.75, 3.05) is 6.54 Å². The molecule has 5 nitrogen and oxygen atoms in total. The summed E-state index contributed by atoms with van der Waals surface area (Å²) in [7, 11) is 0. The Hall–Kier alpha value is -2.86. The minimum absolute atomic E-state index is 0.0427. The molecule has 0 spiro atoms. The summed E-state index contributed by atoms with van der Waals surface area (Å²) in [6, 6.07) is 12.8. The molecule has 0 bridgehead atoms. The highest BCUT2D eigenvalue weighted by atomic mass is 32.1. The number of allylic oxidation sites excluding steroid dienone is 1. The molecular weight excluding hydrogens is 360 g/mol. The van der Waals surface area contributed by atoms with E-state index in [-0.39, 0.29) is 17.3 Å². The van der Waals surface area contributed by atoms with Crippen LogP contribution in [0.1, 0.15) is 42.2 Å².